The van der Waals surface area contributed by atoms with Crippen molar-refractivity contribution in [2.24, 2.45) is 0 Å². The summed E-state index contributed by atoms with van der Waals surface area (Å²) in [6.07, 6.45) is 3.75. The van der Waals surface area contributed by atoms with E-state index in [1.165, 1.54) is 19.3 Å². The molecule has 0 unspecified atom stereocenters. The second-order valence-corrected chi connectivity index (χ2v) is 3.21. The van der Waals surface area contributed by atoms with Gasteiger partial charge < -0.3 is 5.32 Å². The molecular formula is C9H20N3. The Morgan fingerprint density at radius 2 is 2.17 bits per heavy atom. The Kier molecular flexibility index (Phi) is 5.32. The fraction of sp³-hybridized carbons (Fsp3) is 0.889. The lowest BCUT2D eigenvalue weighted by atomic mass is 10.2. The number of piperazine rings is 1. The van der Waals surface area contributed by atoms with E-state index in [4.69, 9.17) is 0 Å². The van der Waals surface area contributed by atoms with Gasteiger partial charge in [-0.15, -0.1) is 0 Å². The highest BCUT2D eigenvalue weighted by Crippen LogP contribution is 1.96. The summed E-state index contributed by atoms with van der Waals surface area (Å²) in [5.74, 6) is 0. The van der Waals surface area contributed by atoms with E-state index in [9.17, 15) is 0 Å². The van der Waals surface area contributed by atoms with Crippen LogP contribution in [0.25, 0.3) is 0 Å². The summed E-state index contributed by atoms with van der Waals surface area (Å²) in [6, 6.07) is 0. The SMILES string of the molecule is CCCC[CH]NN1CCNCC1. The van der Waals surface area contributed by atoms with Crippen molar-refractivity contribution in [3.05, 3.63) is 6.54 Å². The van der Waals surface area contributed by atoms with Crippen LogP contribution in [0.3, 0.4) is 0 Å². The third-order valence-electron chi connectivity index (χ3n) is 2.09. The number of hydrazine groups is 1. The van der Waals surface area contributed by atoms with Gasteiger partial charge in [0.2, 0.25) is 0 Å². The number of unbranched alkanes of at least 4 members (excludes halogenated alkanes) is 2. The first-order chi connectivity index (χ1) is 5.93. The van der Waals surface area contributed by atoms with Gasteiger partial charge in [-0.25, -0.2) is 5.01 Å². The summed E-state index contributed by atoms with van der Waals surface area (Å²) >= 11 is 0. The Morgan fingerprint density at radius 3 is 2.83 bits per heavy atom. The van der Waals surface area contributed by atoms with Gasteiger partial charge in [-0.3, -0.25) is 5.43 Å². The molecular weight excluding hydrogens is 150 g/mol. The van der Waals surface area contributed by atoms with Crippen LogP contribution in [-0.4, -0.2) is 31.2 Å². The van der Waals surface area contributed by atoms with Crippen molar-refractivity contribution in [2.45, 2.75) is 26.2 Å². The van der Waals surface area contributed by atoms with Gasteiger partial charge in [0.1, 0.15) is 0 Å². The fourth-order valence-electron chi connectivity index (χ4n) is 1.29. The van der Waals surface area contributed by atoms with Crippen LogP contribution >= 0.6 is 0 Å². The molecule has 0 saturated carbocycles. The molecule has 0 aromatic rings. The maximum Gasteiger partial charge on any atom is 0.0382 e. The van der Waals surface area contributed by atoms with Gasteiger partial charge in [0.15, 0.2) is 0 Å². The summed E-state index contributed by atoms with van der Waals surface area (Å²) in [5, 5.41) is 5.59. The van der Waals surface area contributed by atoms with E-state index >= 15 is 0 Å². The van der Waals surface area contributed by atoms with Crippen molar-refractivity contribution >= 4 is 0 Å². The Hall–Kier alpha value is -0.120. The van der Waals surface area contributed by atoms with Crippen LogP contribution in [0.1, 0.15) is 26.2 Å². The smallest absolute Gasteiger partial charge is 0.0382 e. The molecule has 0 amide bonds. The third kappa shape index (κ3) is 4.04. The van der Waals surface area contributed by atoms with Crippen molar-refractivity contribution in [3.63, 3.8) is 0 Å². The summed E-state index contributed by atoms with van der Waals surface area (Å²) in [6.45, 7) is 8.84. The van der Waals surface area contributed by atoms with E-state index in [0.29, 0.717) is 0 Å². The van der Waals surface area contributed by atoms with E-state index in [0.717, 1.165) is 26.2 Å². The van der Waals surface area contributed by atoms with Gasteiger partial charge in [0.05, 0.1) is 0 Å². The predicted molar refractivity (Wildman–Crippen MR) is 51.4 cm³/mol. The maximum absolute atomic E-state index is 3.32. The van der Waals surface area contributed by atoms with E-state index in [-0.39, 0.29) is 0 Å². The van der Waals surface area contributed by atoms with Crippen LogP contribution in [0.5, 0.6) is 0 Å². The summed E-state index contributed by atoms with van der Waals surface area (Å²) < 4.78 is 0. The molecule has 1 fully saturated rings. The second kappa shape index (κ2) is 6.40. The number of hydrogen-bond donors (Lipinski definition) is 2. The van der Waals surface area contributed by atoms with E-state index < -0.39 is 0 Å². The van der Waals surface area contributed by atoms with Gasteiger partial charge in [0, 0.05) is 32.7 Å². The molecule has 1 aliphatic rings. The van der Waals surface area contributed by atoms with Crippen LogP contribution < -0.4 is 10.7 Å². The molecule has 0 atom stereocenters. The molecule has 0 bridgehead atoms. The zero-order chi connectivity index (χ0) is 8.65. The quantitative estimate of drug-likeness (QED) is 0.596. The van der Waals surface area contributed by atoms with Gasteiger partial charge in [-0.2, -0.15) is 0 Å². The van der Waals surface area contributed by atoms with Crippen molar-refractivity contribution in [3.8, 4) is 0 Å². The Morgan fingerprint density at radius 1 is 1.42 bits per heavy atom. The molecule has 2 N–H and O–H groups in total. The Balaban J connectivity index is 1.91. The average molecular weight is 170 g/mol. The molecule has 1 saturated heterocycles. The predicted octanol–water partition coefficient (Wildman–Crippen LogP) is 0.748. The zero-order valence-electron chi connectivity index (χ0n) is 7.97. The van der Waals surface area contributed by atoms with Gasteiger partial charge >= 0.3 is 0 Å². The van der Waals surface area contributed by atoms with Crippen molar-refractivity contribution in [2.75, 3.05) is 26.2 Å². The Labute approximate surface area is 75.5 Å². The van der Waals surface area contributed by atoms with E-state index in [1.807, 2.05) is 0 Å². The lowest BCUT2D eigenvalue weighted by molar-refractivity contribution is 0.180. The fourth-order valence-corrected chi connectivity index (χ4v) is 1.29. The maximum atomic E-state index is 3.32. The zero-order valence-corrected chi connectivity index (χ0v) is 7.97. The number of nitrogens with zero attached hydrogens (tertiary/aromatic N) is 1. The molecule has 0 aromatic carbocycles. The first-order valence-corrected chi connectivity index (χ1v) is 4.97. The molecule has 1 heterocycles. The largest absolute Gasteiger partial charge is 0.314 e. The molecule has 3 heteroatoms. The van der Waals surface area contributed by atoms with Gasteiger partial charge in [-0.1, -0.05) is 19.8 Å². The number of hydrogen-bond acceptors (Lipinski definition) is 3. The van der Waals surface area contributed by atoms with Crippen LogP contribution in [0.15, 0.2) is 0 Å². The van der Waals surface area contributed by atoms with Gasteiger partial charge in [0.25, 0.3) is 0 Å². The van der Waals surface area contributed by atoms with Crippen LogP contribution in [-0.2, 0) is 0 Å². The second-order valence-electron chi connectivity index (χ2n) is 3.21. The minimum atomic E-state index is 1.11. The molecule has 1 aliphatic heterocycles. The molecule has 3 nitrogen and oxygen atoms in total. The summed E-state index contributed by atoms with van der Waals surface area (Å²) in [5.41, 5.74) is 3.32. The third-order valence-corrected chi connectivity index (χ3v) is 2.09. The summed E-state index contributed by atoms with van der Waals surface area (Å²) in [7, 11) is 0. The van der Waals surface area contributed by atoms with E-state index in [2.05, 4.69) is 29.2 Å². The van der Waals surface area contributed by atoms with Crippen molar-refractivity contribution in [1.82, 2.24) is 15.8 Å². The van der Waals surface area contributed by atoms with Crippen molar-refractivity contribution < 1.29 is 0 Å². The molecule has 1 rings (SSSR count). The Bertz CT molecular complexity index is 99.9. The topological polar surface area (TPSA) is 27.3 Å². The number of rotatable bonds is 5. The highest BCUT2D eigenvalue weighted by atomic mass is 15.5. The number of nitrogens with one attached hydrogen (secondary N) is 2. The standard InChI is InChI=1S/C9H20N3/c1-2-3-4-5-11-12-8-6-10-7-9-12/h5,10-11H,2-4,6-9H2,1H3. The molecule has 0 aliphatic carbocycles. The highest BCUT2D eigenvalue weighted by molar-refractivity contribution is 4.67. The first kappa shape index (κ1) is 9.96. The lowest BCUT2D eigenvalue weighted by Gasteiger charge is -2.27. The monoisotopic (exact) mass is 170 g/mol. The van der Waals surface area contributed by atoms with E-state index in [1.54, 1.807) is 0 Å². The van der Waals surface area contributed by atoms with Crippen LogP contribution in [0.4, 0.5) is 0 Å². The van der Waals surface area contributed by atoms with Crippen LogP contribution in [0.2, 0.25) is 0 Å². The minimum absolute atomic E-state index is 1.11. The first-order valence-electron chi connectivity index (χ1n) is 4.97. The average Bonchev–Trinajstić information content (AvgIpc) is 2.14. The highest BCUT2D eigenvalue weighted by Gasteiger charge is 2.07. The molecule has 71 valence electrons. The molecule has 12 heavy (non-hydrogen) atoms. The normalized spacial score (nSPS) is 19.8. The minimum Gasteiger partial charge on any atom is -0.314 e. The van der Waals surface area contributed by atoms with Crippen LogP contribution in [0, 0.1) is 6.54 Å². The van der Waals surface area contributed by atoms with Crippen molar-refractivity contribution in [1.29, 1.82) is 0 Å². The summed E-state index contributed by atoms with van der Waals surface area (Å²) in [4.78, 5) is 0. The molecule has 0 spiro atoms. The van der Waals surface area contributed by atoms with Gasteiger partial charge in [-0.05, 0) is 6.42 Å². The molecule has 1 radical (unpaired) electrons. The lowest BCUT2D eigenvalue weighted by Crippen LogP contribution is -2.49. The molecule has 0 aromatic heterocycles.